The molecule has 21 heavy (non-hydrogen) atoms. The number of rotatable bonds is 4. The van der Waals surface area contributed by atoms with E-state index in [-0.39, 0.29) is 5.91 Å². The number of carbonyl (C=O) groups is 1. The summed E-state index contributed by atoms with van der Waals surface area (Å²) in [5.74, 6) is -0.221. The molecule has 1 fully saturated rings. The van der Waals surface area contributed by atoms with E-state index in [0.717, 1.165) is 25.9 Å². The number of nitrogens with two attached hydrogens (primary N) is 1. The normalized spacial score (nSPS) is 23.2. The second-order valence-corrected chi connectivity index (χ2v) is 6.48. The maximum absolute atomic E-state index is 11.0. The standard InChI is InChI=1S/C17H25N3O/c1-12-2-3-13-4-5-16(15(13)10-12)19-14-6-8-20(9-7-14)11-17(18)21/h2-3,10,14,16,19H,4-9,11H2,1H3,(H2,18,21). The number of nitrogens with one attached hydrogen (secondary N) is 1. The predicted octanol–water partition coefficient (Wildman–Crippen LogP) is 1.52. The van der Waals surface area contributed by atoms with E-state index in [1.165, 1.54) is 29.5 Å². The maximum atomic E-state index is 11.0. The maximum Gasteiger partial charge on any atom is 0.231 e. The molecule has 1 saturated heterocycles. The number of hydrogen-bond donors (Lipinski definition) is 2. The molecule has 1 unspecified atom stereocenters. The molecule has 1 amide bonds. The summed E-state index contributed by atoms with van der Waals surface area (Å²) in [4.78, 5) is 13.1. The summed E-state index contributed by atoms with van der Waals surface area (Å²) < 4.78 is 0. The molecule has 1 atom stereocenters. The van der Waals surface area contributed by atoms with E-state index in [4.69, 9.17) is 5.73 Å². The molecular weight excluding hydrogens is 262 g/mol. The molecule has 2 aliphatic rings. The van der Waals surface area contributed by atoms with Crippen molar-refractivity contribution in [2.24, 2.45) is 5.73 Å². The SMILES string of the molecule is Cc1ccc2c(c1)C(NC1CCN(CC(N)=O)CC1)CC2. The van der Waals surface area contributed by atoms with Crippen molar-refractivity contribution < 1.29 is 4.79 Å². The summed E-state index contributed by atoms with van der Waals surface area (Å²) in [5.41, 5.74) is 9.61. The van der Waals surface area contributed by atoms with Crippen LogP contribution >= 0.6 is 0 Å². The highest BCUT2D eigenvalue weighted by Crippen LogP contribution is 2.32. The van der Waals surface area contributed by atoms with Crippen LogP contribution in [0.15, 0.2) is 18.2 Å². The Hall–Kier alpha value is -1.39. The van der Waals surface area contributed by atoms with Gasteiger partial charge in [-0.15, -0.1) is 0 Å². The van der Waals surface area contributed by atoms with E-state index in [1.54, 1.807) is 0 Å². The lowest BCUT2D eigenvalue weighted by molar-refractivity contribution is -0.119. The molecule has 114 valence electrons. The van der Waals surface area contributed by atoms with Crippen LogP contribution in [-0.4, -0.2) is 36.5 Å². The van der Waals surface area contributed by atoms with Crippen molar-refractivity contribution in [3.63, 3.8) is 0 Å². The lowest BCUT2D eigenvalue weighted by atomic mass is 10.0. The molecule has 0 spiro atoms. The Bertz CT molecular complexity index is 521. The molecule has 3 N–H and O–H groups in total. The lowest BCUT2D eigenvalue weighted by Crippen LogP contribution is -2.45. The van der Waals surface area contributed by atoms with Gasteiger partial charge in [-0.2, -0.15) is 0 Å². The molecule has 0 bridgehead atoms. The fraction of sp³-hybridized carbons (Fsp3) is 0.588. The van der Waals surface area contributed by atoms with Gasteiger partial charge in [-0.05, 0) is 43.7 Å². The highest BCUT2D eigenvalue weighted by molar-refractivity contribution is 5.75. The number of likely N-dealkylation sites (tertiary alicyclic amines) is 1. The fourth-order valence-corrected chi connectivity index (χ4v) is 3.66. The molecular formula is C17H25N3O. The molecule has 1 aromatic rings. The second-order valence-electron chi connectivity index (χ2n) is 6.48. The van der Waals surface area contributed by atoms with E-state index >= 15 is 0 Å². The van der Waals surface area contributed by atoms with E-state index in [0.29, 0.717) is 18.6 Å². The Labute approximate surface area is 126 Å². The summed E-state index contributed by atoms with van der Waals surface area (Å²) in [6.07, 6.45) is 4.60. The van der Waals surface area contributed by atoms with Gasteiger partial charge in [0.15, 0.2) is 0 Å². The Morgan fingerprint density at radius 3 is 2.81 bits per heavy atom. The zero-order valence-corrected chi connectivity index (χ0v) is 12.8. The monoisotopic (exact) mass is 287 g/mol. The van der Waals surface area contributed by atoms with Crippen LogP contribution in [0.5, 0.6) is 0 Å². The number of aryl methyl sites for hydroxylation is 2. The van der Waals surface area contributed by atoms with Crippen molar-refractivity contribution in [2.75, 3.05) is 19.6 Å². The van der Waals surface area contributed by atoms with Crippen molar-refractivity contribution in [1.82, 2.24) is 10.2 Å². The van der Waals surface area contributed by atoms with Crippen molar-refractivity contribution in [2.45, 2.75) is 44.7 Å². The van der Waals surface area contributed by atoms with Gasteiger partial charge in [0.05, 0.1) is 6.54 Å². The number of nitrogens with zero attached hydrogens (tertiary/aromatic N) is 1. The first kappa shape index (κ1) is 14.5. The summed E-state index contributed by atoms with van der Waals surface area (Å²) in [6, 6.07) is 7.89. The van der Waals surface area contributed by atoms with Gasteiger partial charge >= 0.3 is 0 Å². The number of hydrogen-bond acceptors (Lipinski definition) is 3. The molecule has 1 heterocycles. The second kappa shape index (κ2) is 6.16. The van der Waals surface area contributed by atoms with Gasteiger partial charge in [0.2, 0.25) is 5.91 Å². The Kier molecular flexibility index (Phi) is 4.27. The molecule has 1 aromatic carbocycles. The third-order valence-corrected chi connectivity index (χ3v) is 4.78. The van der Waals surface area contributed by atoms with Crippen LogP contribution < -0.4 is 11.1 Å². The average molecular weight is 287 g/mol. The molecule has 1 aliphatic heterocycles. The van der Waals surface area contributed by atoms with Gasteiger partial charge in [0, 0.05) is 25.2 Å². The summed E-state index contributed by atoms with van der Waals surface area (Å²) in [6.45, 7) is 4.50. The zero-order chi connectivity index (χ0) is 14.8. The van der Waals surface area contributed by atoms with Crippen LogP contribution in [-0.2, 0) is 11.2 Å². The highest BCUT2D eigenvalue weighted by atomic mass is 16.1. The van der Waals surface area contributed by atoms with E-state index in [2.05, 4.69) is 35.3 Å². The third-order valence-electron chi connectivity index (χ3n) is 4.78. The van der Waals surface area contributed by atoms with Crippen LogP contribution in [0, 0.1) is 6.92 Å². The van der Waals surface area contributed by atoms with Crippen molar-refractivity contribution in [3.8, 4) is 0 Å². The van der Waals surface area contributed by atoms with Crippen LogP contribution in [0.2, 0.25) is 0 Å². The predicted molar refractivity (Wildman–Crippen MR) is 84.0 cm³/mol. The van der Waals surface area contributed by atoms with E-state index in [9.17, 15) is 4.79 Å². The van der Waals surface area contributed by atoms with Gasteiger partial charge in [0.1, 0.15) is 0 Å². The fourth-order valence-electron chi connectivity index (χ4n) is 3.66. The van der Waals surface area contributed by atoms with Crippen molar-refractivity contribution in [1.29, 1.82) is 0 Å². The van der Waals surface area contributed by atoms with E-state index in [1.807, 2.05) is 0 Å². The minimum atomic E-state index is -0.221. The summed E-state index contributed by atoms with van der Waals surface area (Å²) in [7, 11) is 0. The number of fused-ring (bicyclic) bond motifs is 1. The van der Waals surface area contributed by atoms with Crippen LogP contribution in [0.1, 0.15) is 42.0 Å². The molecule has 0 saturated carbocycles. The third kappa shape index (κ3) is 3.44. The Balaban J connectivity index is 1.55. The van der Waals surface area contributed by atoms with Gasteiger partial charge in [-0.3, -0.25) is 9.69 Å². The van der Waals surface area contributed by atoms with Crippen LogP contribution in [0.25, 0.3) is 0 Å². The topological polar surface area (TPSA) is 58.4 Å². The quantitative estimate of drug-likeness (QED) is 0.883. The highest BCUT2D eigenvalue weighted by Gasteiger charge is 2.27. The summed E-state index contributed by atoms with van der Waals surface area (Å²) in [5, 5.41) is 3.83. The average Bonchev–Trinajstić information content (AvgIpc) is 2.83. The lowest BCUT2D eigenvalue weighted by Gasteiger charge is -2.33. The minimum Gasteiger partial charge on any atom is -0.369 e. The summed E-state index contributed by atoms with van der Waals surface area (Å²) >= 11 is 0. The molecule has 3 rings (SSSR count). The van der Waals surface area contributed by atoms with Crippen LogP contribution in [0.3, 0.4) is 0 Å². The molecule has 0 radical (unpaired) electrons. The van der Waals surface area contributed by atoms with Gasteiger partial charge < -0.3 is 11.1 Å². The smallest absolute Gasteiger partial charge is 0.231 e. The number of benzene rings is 1. The number of piperidine rings is 1. The molecule has 1 aliphatic carbocycles. The first-order valence-electron chi connectivity index (χ1n) is 7.98. The minimum absolute atomic E-state index is 0.221. The molecule has 4 heteroatoms. The zero-order valence-electron chi connectivity index (χ0n) is 12.8. The first-order chi connectivity index (χ1) is 10.1. The molecule has 4 nitrogen and oxygen atoms in total. The largest absolute Gasteiger partial charge is 0.369 e. The Morgan fingerprint density at radius 1 is 1.33 bits per heavy atom. The number of carbonyl (C=O) groups excluding carboxylic acids is 1. The van der Waals surface area contributed by atoms with Gasteiger partial charge in [0.25, 0.3) is 0 Å². The number of amides is 1. The van der Waals surface area contributed by atoms with E-state index < -0.39 is 0 Å². The van der Waals surface area contributed by atoms with Crippen molar-refractivity contribution >= 4 is 5.91 Å². The van der Waals surface area contributed by atoms with Crippen LogP contribution in [0.4, 0.5) is 0 Å². The van der Waals surface area contributed by atoms with Gasteiger partial charge in [-0.1, -0.05) is 23.8 Å². The van der Waals surface area contributed by atoms with Gasteiger partial charge in [-0.25, -0.2) is 0 Å². The number of primary amides is 1. The Morgan fingerprint density at radius 2 is 2.10 bits per heavy atom. The molecule has 0 aromatic heterocycles. The van der Waals surface area contributed by atoms with Crippen molar-refractivity contribution in [3.05, 3.63) is 34.9 Å². The first-order valence-corrected chi connectivity index (χ1v) is 7.98.